The third-order valence-electron chi connectivity index (χ3n) is 2.53. The molecule has 2 nitrogen and oxygen atoms in total. The number of rotatable bonds is 4. The Morgan fingerprint density at radius 1 is 1.40 bits per heavy atom. The number of Topliss-reactive ketones (excluding diaryl/α,β-unsaturated/α-hetero) is 1. The van der Waals surface area contributed by atoms with Crippen LogP contribution in [0.3, 0.4) is 0 Å². The predicted octanol–water partition coefficient (Wildman–Crippen LogP) is 2.39. The zero-order valence-electron chi connectivity index (χ0n) is 9.38. The lowest BCUT2D eigenvalue weighted by molar-refractivity contribution is -0.116. The highest BCUT2D eigenvalue weighted by Crippen LogP contribution is 2.17. The molecule has 1 aliphatic rings. The van der Waals surface area contributed by atoms with E-state index in [1.807, 2.05) is 12.2 Å². The highest BCUT2D eigenvalue weighted by atomic mass is 16.1. The van der Waals surface area contributed by atoms with Crippen LogP contribution in [0.15, 0.2) is 36.0 Å². The van der Waals surface area contributed by atoms with Crippen LogP contribution in [0, 0.1) is 0 Å². The van der Waals surface area contributed by atoms with Gasteiger partial charge >= 0.3 is 0 Å². The maximum atomic E-state index is 10.8. The Morgan fingerprint density at radius 3 is 2.67 bits per heavy atom. The van der Waals surface area contributed by atoms with Gasteiger partial charge in [-0.05, 0) is 44.0 Å². The quantitative estimate of drug-likeness (QED) is 0.763. The lowest BCUT2D eigenvalue weighted by Crippen LogP contribution is -2.14. The van der Waals surface area contributed by atoms with E-state index in [-0.39, 0.29) is 5.78 Å². The van der Waals surface area contributed by atoms with E-state index in [2.05, 4.69) is 18.0 Å². The van der Waals surface area contributed by atoms with Crippen LogP contribution in [0.4, 0.5) is 0 Å². The molecule has 0 spiro atoms. The predicted molar refractivity (Wildman–Crippen MR) is 63.8 cm³/mol. The minimum atomic E-state index is 0.207. The third-order valence-corrected chi connectivity index (χ3v) is 2.53. The second kappa shape index (κ2) is 6.36. The summed E-state index contributed by atoms with van der Waals surface area (Å²) in [4.78, 5) is 10.8. The van der Waals surface area contributed by atoms with Crippen molar-refractivity contribution in [2.45, 2.75) is 26.2 Å². The van der Waals surface area contributed by atoms with Gasteiger partial charge in [-0.25, -0.2) is 0 Å². The summed E-state index contributed by atoms with van der Waals surface area (Å²) in [6, 6.07) is 0. The molecule has 1 N–H and O–H groups in total. The van der Waals surface area contributed by atoms with Crippen LogP contribution in [-0.4, -0.2) is 18.9 Å². The monoisotopic (exact) mass is 205 g/mol. The fraction of sp³-hybridized carbons (Fsp3) is 0.462. The minimum Gasteiger partial charge on any atom is -0.316 e. The van der Waals surface area contributed by atoms with E-state index in [0.29, 0.717) is 6.42 Å². The molecule has 0 bridgehead atoms. The zero-order valence-corrected chi connectivity index (χ0v) is 9.38. The zero-order chi connectivity index (χ0) is 11.1. The van der Waals surface area contributed by atoms with E-state index in [4.69, 9.17) is 0 Å². The maximum Gasteiger partial charge on any atom is 0.133 e. The molecule has 0 atom stereocenters. The Bertz CT molecular complexity index is 300. The number of ketones is 1. The molecule has 0 aromatic heterocycles. The van der Waals surface area contributed by atoms with E-state index in [0.717, 1.165) is 25.9 Å². The van der Waals surface area contributed by atoms with Crippen LogP contribution in [0.25, 0.3) is 0 Å². The fourth-order valence-corrected chi connectivity index (χ4v) is 1.68. The van der Waals surface area contributed by atoms with E-state index in [9.17, 15) is 4.79 Å². The molecule has 2 heteroatoms. The van der Waals surface area contributed by atoms with Gasteiger partial charge in [-0.1, -0.05) is 24.8 Å². The first-order chi connectivity index (χ1) is 7.24. The van der Waals surface area contributed by atoms with Crippen LogP contribution in [0.1, 0.15) is 26.2 Å². The lowest BCUT2D eigenvalue weighted by Gasteiger charge is -2.03. The average molecular weight is 205 g/mol. The summed E-state index contributed by atoms with van der Waals surface area (Å²) in [5.41, 5.74) is 2.62. The van der Waals surface area contributed by atoms with Crippen LogP contribution >= 0.6 is 0 Å². The van der Waals surface area contributed by atoms with Crippen molar-refractivity contribution in [3.8, 4) is 0 Å². The summed E-state index contributed by atoms with van der Waals surface area (Å²) < 4.78 is 0. The van der Waals surface area contributed by atoms with Crippen molar-refractivity contribution < 1.29 is 4.79 Å². The SMILES string of the molecule is C=CC1=C(/C=C\CC(C)=O)CCNCC1. The van der Waals surface area contributed by atoms with Crippen molar-refractivity contribution in [2.75, 3.05) is 13.1 Å². The first-order valence-electron chi connectivity index (χ1n) is 5.45. The molecule has 1 heterocycles. The first-order valence-corrected chi connectivity index (χ1v) is 5.45. The van der Waals surface area contributed by atoms with Crippen molar-refractivity contribution in [1.82, 2.24) is 5.32 Å². The Hall–Kier alpha value is -1.15. The number of hydrogen-bond acceptors (Lipinski definition) is 2. The summed E-state index contributed by atoms with van der Waals surface area (Å²) >= 11 is 0. The van der Waals surface area contributed by atoms with Gasteiger partial charge in [0.25, 0.3) is 0 Å². The molecule has 1 rings (SSSR count). The van der Waals surface area contributed by atoms with Crippen LogP contribution < -0.4 is 5.32 Å². The molecule has 0 saturated carbocycles. The molecule has 15 heavy (non-hydrogen) atoms. The van der Waals surface area contributed by atoms with Gasteiger partial charge in [0.2, 0.25) is 0 Å². The topological polar surface area (TPSA) is 29.1 Å². The summed E-state index contributed by atoms with van der Waals surface area (Å²) in [6.07, 6.45) is 8.54. The van der Waals surface area contributed by atoms with Crippen molar-refractivity contribution in [3.63, 3.8) is 0 Å². The molecule has 0 unspecified atom stereocenters. The fourth-order valence-electron chi connectivity index (χ4n) is 1.68. The Balaban J connectivity index is 2.68. The van der Waals surface area contributed by atoms with E-state index >= 15 is 0 Å². The molecule has 0 fully saturated rings. The molecule has 0 aliphatic carbocycles. The highest BCUT2D eigenvalue weighted by molar-refractivity contribution is 5.77. The molecule has 0 saturated heterocycles. The van der Waals surface area contributed by atoms with Gasteiger partial charge in [0.1, 0.15) is 5.78 Å². The summed E-state index contributed by atoms with van der Waals surface area (Å²) in [7, 11) is 0. The minimum absolute atomic E-state index is 0.207. The summed E-state index contributed by atoms with van der Waals surface area (Å²) in [5, 5.41) is 3.35. The second-order valence-corrected chi connectivity index (χ2v) is 3.81. The molecule has 0 radical (unpaired) electrons. The largest absolute Gasteiger partial charge is 0.316 e. The van der Waals surface area contributed by atoms with E-state index in [1.54, 1.807) is 6.92 Å². The van der Waals surface area contributed by atoms with E-state index in [1.165, 1.54) is 11.1 Å². The van der Waals surface area contributed by atoms with Gasteiger partial charge in [-0.3, -0.25) is 4.79 Å². The Morgan fingerprint density at radius 2 is 2.07 bits per heavy atom. The van der Waals surface area contributed by atoms with Gasteiger partial charge in [0.05, 0.1) is 0 Å². The van der Waals surface area contributed by atoms with Crippen LogP contribution in [0.5, 0.6) is 0 Å². The maximum absolute atomic E-state index is 10.8. The standard InChI is InChI=1S/C13H19NO/c1-3-12-7-9-14-10-8-13(12)6-4-5-11(2)15/h3-4,6,14H,1,5,7-10H2,2H3/b6-4-. The third kappa shape index (κ3) is 4.26. The summed E-state index contributed by atoms with van der Waals surface area (Å²) in [6.45, 7) is 7.48. The number of carbonyl (C=O) groups excluding carboxylic acids is 1. The lowest BCUT2D eigenvalue weighted by atomic mass is 10.0. The molecule has 0 amide bonds. The Kier molecular flexibility index (Phi) is 5.05. The number of allylic oxidation sites excluding steroid dienone is 3. The first kappa shape index (κ1) is 11.9. The Labute approximate surface area is 91.8 Å². The normalized spacial score (nSPS) is 17.9. The van der Waals surface area contributed by atoms with Gasteiger partial charge in [0.15, 0.2) is 0 Å². The molecule has 0 aromatic carbocycles. The molecule has 1 aliphatic heterocycles. The molecule has 82 valence electrons. The van der Waals surface area contributed by atoms with Crippen LogP contribution in [0.2, 0.25) is 0 Å². The van der Waals surface area contributed by atoms with Gasteiger partial charge in [-0.2, -0.15) is 0 Å². The number of hydrogen-bond donors (Lipinski definition) is 1. The second-order valence-electron chi connectivity index (χ2n) is 3.81. The van der Waals surface area contributed by atoms with Crippen molar-refractivity contribution >= 4 is 5.78 Å². The van der Waals surface area contributed by atoms with Crippen molar-refractivity contribution in [3.05, 3.63) is 36.0 Å². The molecular formula is C13H19NO. The molecule has 0 aromatic rings. The number of carbonyl (C=O) groups is 1. The van der Waals surface area contributed by atoms with Crippen LogP contribution in [-0.2, 0) is 4.79 Å². The van der Waals surface area contributed by atoms with Gasteiger partial charge in [0, 0.05) is 6.42 Å². The van der Waals surface area contributed by atoms with Crippen molar-refractivity contribution in [2.24, 2.45) is 0 Å². The molecular weight excluding hydrogens is 186 g/mol. The summed E-state index contributed by atoms with van der Waals surface area (Å²) in [5.74, 6) is 0.207. The highest BCUT2D eigenvalue weighted by Gasteiger charge is 2.05. The average Bonchev–Trinajstić information content (AvgIpc) is 2.42. The number of nitrogens with one attached hydrogen (secondary N) is 1. The van der Waals surface area contributed by atoms with Gasteiger partial charge < -0.3 is 5.32 Å². The van der Waals surface area contributed by atoms with E-state index < -0.39 is 0 Å². The van der Waals surface area contributed by atoms with Crippen molar-refractivity contribution in [1.29, 1.82) is 0 Å². The van der Waals surface area contributed by atoms with Gasteiger partial charge in [-0.15, -0.1) is 0 Å². The smallest absolute Gasteiger partial charge is 0.133 e.